The molecule has 1 heterocycles. The average molecular weight is 288 g/mol. The highest BCUT2D eigenvalue weighted by molar-refractivity contribution is 5.62. The number of hydrogen-bond donors (Lipinski definition) is 0. The zero-order valence-electron chi connectivity index (χ0n) is 13.4. The second-order valence-electron chi connectivity index (χ2n) is 5.98. The summed E-state index contributed by atoms with van der Waals surface area (Å²) >= 11 is 0. The molecule has 1 aromatic carbocycles. The molecule has 2 heteroatoms. The van der Waals surface area contributed by atoms with Gasteiger partial charge in [0.1, 0.15) is 0 Å². The zero-order chi connectivity index (χ0) is 15.0. The molecule has 1 atom stereocenters. The van der Waals surface area contributed by atoms with Crippen LogP contribution in [-0.4, -0.2) is 18.8 Å². The second kappa shape index (κ2) is 8.23. The summed E-state index contributed by atoms with van der Waals surface area (Å²) in [7, 11) is 0. The Hall–Kier alpha value is -1.28. The van der Waals surface area contributed by atoms with E-state index in [0.717, 1.165) is 32.5 Å². The number of hydrogen-bond acceptors (Lipinski definition) is 2. The van der Waals surface area contributed by atoms with Crippen LogP contribution >= 0.6 is 0 Å². The minimum absolute atomic E-state index is 0.125. The Morgan fingerprint density at radius 2 is 2.10 bits per heavy atom. The summed E-state index contributed by atoms with van der Waals surface area (Å²) in [4.78, 5) is 0. The van der Waals surface area contributed by atoms with Gasteiger partial charge in [-0.3, -0.25) is 0 Å². The largest absolute Gasteiger partial charge is 0.501 e. The summed E-state index contributed by atoms with van der Waals surface area (Å²) in [5, 5.41) is 0. The molecule has 21 heavy (non-hydrogen) atoms. The van der Waals surface area contributed by atoms with Crippen molar-refractivity contribution in [3.05, 3.63) is 42.2 Å². The smallest absolute Gasteiger partial charge is 0.0874 e. The first-order valence-electron chi connectivity index (χ1n) is 8.23. The highest BCUT2D eigenvalue weighted by Crippen LogP contribution is 2.32. The molecule has 0 aliphatic carbocycles. The molecule has 0 amide bonds. The third kappa shape index (κ3) is 4.89. The molecule has 0 bridgehead atoms. The Morgan fingerprint density at radius 1 is 1.29 bits per heavy atom. The maximum absolute atomic E-state index is 6.04. The third-order valence-corrected chi connectivity index (χ3v) is 4.46. The van der Waals surface area contributed by atoms with Crippen molar-refractivity contribution in [1.29, 1.82) is 0 Å². The van der Waals surface area contributed by atoms with E-state index < -0.39 is 0 Å². The van der Waals surface area contributed by atoms with Crippen LogP contribution in [0, 0.1) is 0 Å². The van der Waals surface area contributed by atoms with E-state index in [9.17, 15) is 0 Å². The monoisotopic (exact) mass is 288 g/mol. The molecule has 0 saturated carbocycles. The highest BCUT2D eigenvalue weighted by Gasteiger charge is 2.30. The van der Waals surface area contributed by atoms with E-state index in [1.165, 1.54) is 30.4 Å². The lowest BCUT2D eigenvalue weighted by atomic mass is 9.87. The molecule has 0 radical (unpaired) electrons. The summed E-state index contributed by atoms with van der Waals surface area (Å²) in [5.41, 5.74) is 2.52. The SMILES string of the molecule is CCC1(CCCO/C=C(/C)c2ccccc2)CCCCO1. The fraction of sp³-hybridized carbons (Fsp3) is 0.579. The van der Waals surface area contributed by atoms with Crippen LogP contribution in [0.1, 0.15) is 57.9 Å². The number of ether oxygens (including phenoxy) is 2. The summed E-state index contributed by atoms with van der Waals surface area (Å²) in [6.45, 7) is 6.04. The molecule has 1 aromatic rings. The Labute approximate surface area is 129 Å². The lowest BCUT2D eigenvalue weighted by Crippen LogP contribution is -2.35. The van der Waals surface area contributed by atoms with E-state index in [0.29, 0.717) is 0 Å². The van der Waals surface area contributed by atoms with Gasteiger partial charge in [0, 0.05) is 6.61 Å². The fourth-order valence-corrected chi connectivity index (χ4v) is 2.99. The van der Waals surface area contributed by atoms with Gasteiger partial charge in [-0.15, -0.1) is 0 Å². The van der Waals surface area contributed by atoms with Crippen LogP contribution in [0.4, 0.5) is 0 Å². The lowest BCUT2D eigenvalue weighted by molar-refractivity contribution is -0.0884. The molecule has 1 saturated heterocycles. The molecule has 1 fully saturated rings. The van der Waals surface area contributed by atoms with Crippen molar-refractivity contribution in [2.75, 3.05) is 13.2 Å². The van der Waals surface area contributed by atoms with E-state index in [-0.39, 0.29) is 5.60 Å². The standard InChI is InChI=1S/C19H28O2/c1-3-19(12-7-8-15-21-19)13-9-14-20-16-17(2)18-10-5-4-6-11-18/h4-6,10-11,16H,3,7-9,12-15H2,1-2H3/b17-16-. The maximum Gasteiger partial charge on any atom is 0.0874 e. The van der Waals surface area contributed by atoms with Gasteiger partial charge in [0.25, 0.3) is 0 Å². The Kier molecular flexibility index (Phi) is 6.31. The first kappa shape index (κ1) is 16.1. The van der Waals surface area contributed by atoms with Crippen molar-refractivity contribution in [3.8, 4) is 0 Å². The molecule has 116 valence electrons. The summed E-state index contributed by atoms with van der Waals surface area (Å²) in [6.07, 6.45) is 8.91. The molecule has 1 unspecified atom stereocenters. The molecule has 0 aromatic heterocycles. The van der Waals surface area contributed by atoms with Crippen molar-refractivity contribution < 1.29 is 9.47 Å². The number of benzene rings is 1. The van der Waals surface area contributed by atoms with Gasteiger partial charge in [0.05, 0.1) is 18.5 Å². The van der Waals surface area contributed by atoms with Crippen LogP contribution in [0.15, 0.2) is 36.6 Å². The molecular weight excluding hydrogens is 260 g/mol. The Morgan fingerprint density at radius 3 is 2.76 bits per heavy atom. The first-order chi connectivity index (χ1) is 10.3. The van der Waals surface area contributed by atoms with Gasteiger partial charge in [-0.25, -0.2) is 0 Å². The maximum atomic E-state index is 6.04. The minimum Gasteiger partial charge on any atom is -0.501 e. The molecule has 2 nitrogen and oxygen atoms in total. The zero-order valence-corrected chi connectivity index (χ0v) is 13.4. The predicted molar refractivity (Wildman–Crippen MR) is 88.1 cm³/mol. The van der Waals surface area contributed by atoms with Gasteiger partial charge in [0.15, 0.2) is 0 Å². The highest BCUT2D eigenvalue weighted by atomic mass is 16.5. The molecule has 1 aliphatic heterocycles. The van der Waals surface area contributed by atoms with E-state index in [4.69, 9.17) is 9.47 Å². The van der Waals surface area contributed by atoms with Crippen LogP contribution in [0.3, 0.4) is 0 Å². The van der Waals surface area contributed by atoms with Gasteiger partial charge < -0.3 is 9.47 Å². The van der Waals surface area contributed by atoms with Crippen molar-refractivity contribution in [1.82, 2.24) is 0 Å². The van der Waals surface area contributed by atoms with Crippen LogP contribution in [0.2, 0.25) is 0 Å². The second-order valence-corrected chi connectivity index (χ2v) is 5.98. The van der Waals surface area contributed by atoms with Crippen LogP contribution < -0.4 is 0 Å². The molecule has 0 spiro atoms. The molecular formula is C19H28O2. The molecule has 1 aliphatic rings. The topological polar surface area (TPSA) is 18.5 Å². The van der Waals surface area contributed by atoms with Crippen LogP contribution in [0.25, 0.3) is 5.57 Å². The van der Waals surface area contributed by atoms with Gasteiger partial charge in [0.2, 0.25) is 0 Å². The number of rotatable bonds is 7. The summed E-state index contributed by atoms with van der Waals surface area (Å²) < 4.78 is 11.8. The summed E-state index contributed by atoms with van der Waals surface area (Å²) in [5.74, 6) is 0. The average Bonchev–Trinajstić information content (AvgIpc) is 2.56. The van der Waals surface area contributed by atoms with Gasteiger partial charge >= 0.3 is 0 Å². The summed E-state index contributed by atoms with van der Waals surface area (Å²) in [6, 6.07) is 10.4. The van der Waals surface area contributed by atoms with Crippen molar-refractivity contribution in [2.45, 2.75) is 58.0 Å². The van der Waals surface area contributed by atoms with Crippen molar-refractivity contribution >= 4 is 5.57 Å². The van der Waals surface area contributed by atoms with Gasteiger partial charge in [-0.2, -0.15) is 0 Å². The van der Waals surface area contributed by atoms with Crippen molar-refractivity contribution in [2.24, 2.45) is 0 Å². The van der Waals surface area contributed by atoms with Crippen LogP contribution in [0.5, 0.6) is 0 Å². The van der Waals surface area contributed by atoms with E-state index in [1.54, 1.807) is 0 Å². The normalized spacial score (nSPS) is 23.0. The predicted octanol–water partition coefficient (Wildman–Crippen LogP) is 5.19. The van der Waals surface area contributed by atoms with E-state index in [1.807, 2.05) is 12.3 Å². The number of allylic oxidation sites excluding steroid dienone is 1. The quantitative estimate of drug-likeness (QED) is 0.507. The van der Waals surface area contributed by atoms with Crippen LogP contribution in [-0.2, 0) is 9.47 Å². The van der Waals surface area contributed by atoms with Gasteiger partial charge in [-0.1, -0.05) is 37.3 Å². The third-order valence-electron chi connectivity index (χ3n) is 4.46. The molecule has 2 rings (SSSR count). The van der Waals surface area contributed by atoms with E-state index >= 15 is 0 Å². The minimum atomic E-state index is 0.125. The lowest BCUT2D eigenvalue weighted by Gasteiger charge is -2.36. The van der Waals surface area contributed by atoms with Gasteiger partial charge in [-0.05, 0) is 56.6 Å². The van der Waals surface area contributed by atoms with Crippen molar-refractivity contribution in [3.63, 3.8) is 0 Å². The fourth-order valence-electron chi connectivity index (χ4n) is 2.99. The van der Waals surface area contributed by atoms with E-state index in [2.05, 4.69) is 38.1 Å². The molecule has 0 N–H and O–H groups in total. The first-order valence-corrected chi connectivity index (χ1v) is 8.23. The Bertz CT molecular complexity index is 430. The Balaban J connectivity index is 1.72.